The van der Waals surface area contributed by atoms with Gasteiger partial charge in [-0.05, 0) is 30.2 Å². The standard InChI is InChI=1S/C18H23NO2S/c1-2-3-4-7-14-22(20,21)16-12-10-15(11-13-16)17-8-5-6-9-18(17)19/h5-6,8-13H,2-4,7,14,19H2,1H3. The molecule has 0 fully saturated rings. The first kappa shape index (κ1) is 16.6. The molecule has 0 spiro atoms. The fourth-order valence-corrected chi connectivity index (χ4v) is 3.81. The molecule has 0 unspecified atom stereocenters. The molecule has 0 saturated heterocycles. The molecule has 118 valence electrons. The Kier molecular flexibility index (Phi) is 5.61. The van der Waals surface area contributed by atoms with E-state index in [0.717, 1.165) is 36.8 Å². The van der Waals surface area contributed by atoms with E-state index < -0.39 is 9.84 Å². The molecule has 0 heterocycles. The Morgan fingerprint density at radius 1 is 0.909 bits per heavy atom. The second-order valence-corrected chi connectivity index (χ2v) is 7.60. The Labute approximate surface area is 133 Å². The third-order valence-electron chi connectivity index (χ3n) is 3.75. The highest BCUT2D eigenvalue weighted by Crippen LogP contribution is 2.26. The third kappa shape index (κ3) is 4.10. The van der Waals surface area contributed by atoms with E-state index in [2.05, 4.69) is 6.92 Å². The van der Waals surface area contributed by atoms with E-state index in [9.17, 15) is 8.42 Å². The van der Waals surface area contributed by atoms with E-state index in [0.29, 0.717) is 10.6 Å². The summed E-state index contributed by atoms with van der Waals surface area (Å²) in [4.78, 5) is 0.391. The van der Waals surface area contributed by atoms with Crippen molar-refractivity contribution in [3.05, 3.63) is 48.5 Å². The average Bonchev–Trinajstić information content (AvgIpc) is 2.52. The van der Waals surface area contributed by atoms with Gasteiger partial charge in [0, 0.05) is 11.3 Å². The molecule has 3 nitrogen and oxygen atoms in total. The summed E-state index contributed by atoms with van der Waals surface area (Å²) in [6.07, 6.45) is 3.88. The van der Waals surface area contributed by atoms with Gasteiger partial charge >= 0.3 is 0 Å². The SMILES string of the molecule is CCCCCCS(=O)(=O)c1ccc(-c2ccccc2N)cc1. The quantitative estimate of drug-likeness (QED) is 0.612. The van der Waals surface area contributed by atoms with Gasteiger partial charge in [-0.1, -0.05) is 56.5 Å². The Bertz CT molecular complexity index is 706. The summed E-state index contributed by atoms with van der Waals surface area (Å²) in [5.74, 6) is 0.222. The number of unbranched alkanes of at least 4 members (excludes halogenated alkanes) is 3. The Hall–Kier alpha value is -1.81. The molecule has 22 heavy (non-hydrogen) atoms. The minimum absolute atomic E-state index is 0.222. The van der Waals surface area contributed by atoms with Crippen LogP contribution in [0.2, 0.25) is 0 Å². The maximum atomic E-state index is 12.3. The summed E-state index contributed by atoms with van der Waals surface area (Å²) >= 11 is 0. The number of nitrogens with two attached hydrogens (primary N) is 1. The van der Waals surface area contributed by atoms with Crippen LogP contribution in [0.4, 0.5) is 5.69 Å². The first-order valence-electron chi connectivity index (χ1n) is 7.72. The summed E-state index contributed by atoms with van der Waals surface area (Å²) in [5, 5.41) is 0. The number of benzene rings is 2. The fraction of sp³-hybridized carbons (Fsp3) is 0.333. The van der Waals surface area contributed by atoms with Crippen LogP contribution in [0.15, 0.2) is 53.4 Å². The van der Waals surface area contributed by atoms with Gasteiger partial charge in [-0.2, -0.15) is 0 Å². The number of anilines is 1. The first-order chi connectivity index (χ1) is 10.5. The molecule has 2 N–H and O–H groups in total. The second kappa shape index (κ2) is 7.45. The molecule has 2 aromatic carbocycles. The van der Waals surface area contributed by atoms with Crippen molar-refractivity contribution in [2.75, 3.05) is 11.5 Å². The number of sulfone groups is 1. The summed E-state index contributed by atoms with van der Waals surface area (Å²) in [6, 6.07) is 14.6. The van der Waals surface area contributed by atoms with E-state index in [1.165, 1.54) is 0 Å². The Morgan fingerprint density at radius 3 is 2.23 bits per heavy atom. The normalized spacial score (nSPS) is 11.5. The van der Waals surface area contributed by atoms with Crippen LogP contribution >= 0.6 is 0 Å². The van der Waals surface area contributed by atoms with Crippen molar-refractivity contribution in [1.29, 1.82) is 0 Å². The van der Waals surface area contributed by atoms with Crippen LogP contribution in [0.1, 0.15) is 32.6 Å². The summed E-state index contributed by atoms with van der Waals surface area (Å²) in [7, 11) is -3.18. The van der Waals surface area contributed by atoms with E-state index in [1.54, 1.807) is 12.1 Å². The van der Waals surface area contributed by atoms with Crippen LogP contribution in [0, 0.1) is 0 Å². The Morgan fingerprint density at radius 2 is 1.59 bits per heavy atom. The molecule has 0 radical (unpaired) electrons. The van der Waals surface area contributed by atoms with E-state index in [4.69, 9.17) is 5.73 Å². The zero-order valence-corrected chi connectivity index (χ0v) is 13.8. The zero-order valence-electron chi connectivity index (χ0n) is 13.0. The van der Waals surface area contributed by atoms with Gasteiger partial charge in [-0.3, -0.25) is 0 Å². The van der Waals surface area contributed by atoms with Gasteiger partial charge in [-0.25, -0.2) is 8.42 Å². The lowest BCUT2D eigenvalue weighted by molar-refractivity contribution is 0.589. The van der Waals surface area contributed by atoms with Gasteiger partial charge in [0.15, 0.2) is 9.84 Å². The largest absolute Gasteiger partial charge is 0.398 e. The topological polar surface area (TPSA) is 60.2 Å². The van der Waals surface area contributed by atoms with Gasteiger partial charge in [0.25, 0.3) is 0 Å². The van der Waals surface area contributed by atoms with Crippen LogP contribution in [-0.2, 0) is 9.84 Å². The molecule has 0 aliphatic carbocycles. The van der Waals surface area contributed by atoms with Crippen molar-refractivity contribution < 1.29 is 8.42 Å². The molecule has 0 amide bonds. The third-order valence-corrected chi connectivity index (χ3v) is 5.57. The van der Waals surface area contributed by atoms with Crippen molar-refractivity contribution >= 4 is 15.5 Å². The monoisotopic (exact) mass is 317 g/mol. The highest BCUT2D eigenvalue weighted by atomic mass is 32.2. The second-order valence-electron chi connectivity index (χ2n) is 5.49. The Balaban J connectivity index is 2.13. The van der Waals surface area contributed by atoms with Crippen LogP contribution in [0.3, 0.4) is 0 Å². The number of rotatable bonds is 7. The summed E-state index contributed by atoms with van der Waals surface area (Å²) in [5.41, 5.74) is 8.50. The lowest BCUT2D eigenvalue weighted by Crippen LogP contribution is -2.06. The van der Waals surface area contributed by atoms with Crippen molar-refractivity contribution in [3.8, 4) is 11.1 Å². The molecule has 0 bridgehead atoms. The lowest BCUT2D eigenvalue weighted by atomic mass is 10.0. The van der Waals surface area contributed by atoms with Crippen LogP contribution < -0.4 is 5.73 Å². The summed E-state index contributed by atoms with van der Waals surface area (Å²) < 4.78 is 24.6. The zero-order chi connectivity index (χ0) is 16.0. The molecule has 0 atom stereocenters. The molecule has 0 aromatic heterocycles. The number of hydrogen-bond donors (Lipinski definition) is 1. The highest BCUT2D eigenvalue weighted by molar-refractivity contribution is 7.91. The molecule has 4 heteroatoms. The molecule has 2 rings (SSSR count). The predicted molar refractivity (Wildman–Crippen MR) is 92.5 cm³/mol. The average molecular weight is 317 g/mol. The highest BCUT2D eigenvalue weighted by Gasteiger charge is 2.14. The van der Waals surface area contributed by atoms with Crippen molar-refractivity contribution in [2.24, 2.45) is 0 Å². The van der Waals surface area contributed by atoms with Crippen molar-refractivity contribution in [3.63, 3.8) is 0 Å². The van der Waals surface area contributed by atoms with E-state index in [-0.39, 0.29) is 5.75 Å². The number of para-hydroxylation sites is 1. The van der Waals surface area contributed by atoms with Gasteiger partial charge in [0.2, 0.25) is 0 Å². The molecule has 0 aliphatic rings. The van der Waals surface area contributed by atoms with Gasteiger partial charge in [0.1, 0.15) is 0 Å². The van der Waals surface area contributed by atoms with Gasteiger partial charge in [-0.15, -0.1) is 0 Å². The molecule has 2 aromatic rings. The van der Waals surface area contributed by atoms with Crippen LogP contribution in [0.25, 0.3) is 11.1 Å². The predicted octanol–water partition coefficient (Wildman–Crippen LogP) is 4.29. The van der Waals surface area contributed by atoms with Gasteiger partial charge in [0.05, 0.1) is 10.6 Å². The van der Waals surface area contributed by atoms with Crippen LogP contribution in [0.5, 0.6) is 0 Å². The molecule has 0 saturated carbocycles. The van der Waals surface area contributed by atoms with E-state index >= 15 is 0 Å². The summed E-state index contributed by atoms with van der Waals surface area (Å²) in [6.45, 7) is 2.11. The fourth-order valence-electron chi connectivity index (χ4n) is 2.44. The maximum Gasteiger partial charge on any atom is 0.178 e. The smallest absolute Gasteiger partial charge is 0.178 e. The lowest BCUT2D eigenvalue weighted by Gasteiger charge is -2.08. The van der Waals surface area contributed by atoms with E-state index in [1.807, 2.05) is 36.4 Å². The molecular weight excluding hydrogens is 294 g/mol. The minimum Gasteiger partial charge on any atom is -0.398 e. The minimum atomic E-state index is -3.18. The number of hydrogen-bond acceptors (Lipinski definition) is 3. The molecular formula is C18H23NO2S. The van der Waals surface area contributed by atoms with Crippen molar-refractivity contribution in [2.45, 2.75) is 37.5 Å². The van der Waals surface area contributed by atoms with Crippen LogP contribution in [-0.4, -0.2) is 14.2 Å². The first-order valence-corrected chi connectivity index (χ1v) is 9.37. The van der Waals surface area contributed by atoms with Crippen molar-refractivity contribution in [1.82, 2.24) is 0 Å². The number of nitrogen functional groups attached to an aromatic ring is 1. The molecule has 0 aliphatic heterocycles. The van der Waals surface area contributed by atoms with Gasteiger partial charge < -0.3 is 5.73 Å². The maximum absolute atomic E-state index is 12.3.